The van der Waals surface area contributed by atoms with Crippen LogP contribution in [0.3, 0.4) is 0 Å². The van der Waals surface area contributed by atoms with Crippen molar-refractivity contribution < 1.29 is 4.42 Å². The van der Waals surface area contributed by atoms with Gasteiger partial charge in [-0.1, -0.05) is 0 Å². The summed E-state index contributed by atoms with van der Waals surface area (Å²) in [7, 11) is 0. The van der Waals surface area contributed by atoms with Crippen molar-refractivity contribution in [3.8, 4) is 23.2 Å². The maximum atomic E-state index is 4.85. The summed E-state index contributed by atoms with van der Waals surface area (Å²) in [6.45, 7) is 0. The molecule has 0 saturated carbocycles. The number of aromatic nitrogens is 6. The Morgan fingerprint density at radius 2 is 1.94 bits per heavy atom. The summed E-state index contributed by atoms with van der Waals surface area (Å²) in [5.41, 5.74) is 0.568. The number of aromatic amines is 1. The van der Waals surface area contributed by atoms with Crippen molar-refractivity contribution in [3.05, 3.63) is 31.1 Å². The van der Waals surface area contributed by atoms with Gasteiger partial charge in [-0.15, -0.1) is 0 Å². The highest BCUT2D eigenvalue weighted by Gasteiger charge is 2.10. The van der Waals surface area contributed by atoms with E-state index >= 15 is 0 Å². The molecule has 3 aromatic heterocycles. The number of nitrogens with one attached hydrogen (secondary N) is 1. The maximum Gasteiger partial charge on any atom is 0.203 e. The summed E-state index contributed by atoms with van der Waals surface area (Å²) in [6, 6.07) is 1.73. The topological polar surface area (TPSA) is 93.4 Å². The number of rotatable bonds is 2. The predicted octanol–water partition coefficient (Wildman–Crippen LogP) is 0.917. The molecule has 16 heavy (non-hydrogen) atoms. The van der Waals surface area contributed by atoms with Crippen LogP contribution in [0.5, 0.6) is 0 Å². The van der Waals surface area contributed by atoms with E-state index < -0.39 is 0 Å². The fourth-order valence-corrected chi connectivity index (χ4v) is 1.22. The lowest BCUT2D eigenvalue weighted by Crippen LogP contribution is -1.88. The molecule has 0 aliphatic carbocycles. The number of hydrogen-bond donors (Lipinski definition) is 1. The molecular formula is C9H6N6O. The van der Waals surface area contributed by atoms with E-state index in [2.05, 4.69) is 30.1 Å². The van der Waals surface area contributed by atoms with E-state index in [4.69, 9.17) is 4.42 Å². The van der Waals surface area contributed by atoms with Gasteiger partial charge < -0.3 is 4.42 Å². The highest BCUT2D eigenvalue weighted by Crippen LogP contribution is 2.14. The fourth-order valence-electron chi connectivity index (χ4n) is 1.22. The summed E-state index contributed by atoms with van der Waals surface area (Å²) in [6.07, 6.45) is 6.07. The van der Waals surface area contributed by atoms with Crippen molar-refractivity contribution in [1.29, 1.82) is 0 Å². The van der Waals surface area contributed by atoms with Crippen molar-refractivity contribution >= 4 is 0 Å². The van der Waals surface area contributed by atoms with Gasteiger partial charge in [0.2, 0.25) is 5.82 Å². The Hall–Kier alpha value is -2.57. The lowest BCUT2D eigenvalue weighted by Gasteiger charge is -1.90. The quantitative estimate of drug-likeness (QED) is 0.681. The van der Waals surface area contributed by atoms with Gasteiger partial charge in [-0.3, -0.25) is 5.10 Å². The van der Waals surface area contributed by atoms with Gasteiger partial charge in [-0.05, 0) is 6.07 Å². The first-order valence-electron chi connectivity index (χ1n) is 4.52. The van der Waals surface area contributed by atoms with Gasteiger partial charge in [0.25, 0.3) is 0 Å². The van der Waals surface area contributed by atoms with Crippen molar-refractivity contribution in [3.63, 3.8) is 0 Å². The average Bonchev–Trinajstić information content (AvgIpc) is 3.01. The molecule has 0 fully saturated rings. The Morgan fingerprint density at radius 3 is 2.69 bits per heavy atom. The van der Waals surface area contributed by atoms with Gasteiger partial charge >= 0.3 is 0 Å². The average molecular weight is 214 g/mol. The molecular weight excluding hydrogens is 208 g/mol. The zero-order valence-corrected chi connectivity index (χ0v) is 8.03. The van der Waals surface area contributed by atoms with Crippen LogP contribution in [0.1, 0.15) is 0 Å². The zero-order chi connectivity index (χ0) is 10.8. The van der Waals surface area contributed by atoms with Crippen LogP contribution in [-0.2, 0) is 0 Å². The van der Waals surface area contributed by atoms with Crippen molar-refractivity contribution in [2.24, 2.45) is 0 Å². The Bertz CT molecular complexity index is 573. The Morgan fingerprint density at radius 1 is 1.06 bits per heavy atom. The van der Waals surface area contributed by atoms with E-state index in [-0.39, 0.29) is 0 Å². The van der Waals surface area contributed by atoms with Crippen molar-refractivity contribution in [2.75, 3.05) is 0 Å². The molecule has 0 bridgehead atoms. The first-order valence-corrected chi connectivity index (χ1v) is 4.52. The smallest absolute Gasteiger partial charge is 0.203 e. The van der Waals surface area contributed by atoms with Gasteiger partial charge in [0.1, 0.15) is 12.0 Å². The predicted molar refractivity (Wildman–Crippen MR) is 52.9 cm³/mol. The van der Waals surface area contributed by atoms with Crippen molar-refractivity contribution in [1.82, 2.24) is 30.1 Å². The summed E-state index contributed by atoms with van der Waals surface area (Å²) in [5, 5.41) is 6.74. The molecule has 78 valence electrons. The summed E-state index contributed by atoms with van der Waals surface area (Å²) in [4.78, 5) is 16.3. The highest BCUT2D eigenvalue weighted by molar-refractivity contribution is 5.51. The molecule has 0 aliphatic rings. The standard InChI is InChI=1S/C9H6N6O/c1-2-10-8(11-3-1)9-13-7(14-15-9)6-4-16-5-12-6/h1-5H,(H,13,14,15). The number of hydrogen-bond acceptors (Lipinski definition) is 6. The number of nitrogens with zero attached hydrogens (tertiary/aromatic N) is 5. The van der Waals surface area contributed by atoms with E-state index in [1.165, 1.54) is 12.7 Å². The van der Waals surface area contributed by atoms with Gasteiger partial charge in [0, 0.05) is 12.4 Å². The molecule has 0 radical (unpaired) electrons. The minimum atomic E-state index is 0.455. The van der Waals surface area contributed by atoms with Gasteiger partial charge in [0.05, 0.1) is 0 Å². The van der Waals surface area contributed by atoms with E-state index in [0.29, 0.717) is 23.2 Å². The van der Waals surface area contributed by atoms with Crippen LogP contribution >= 0.6 is 0 Å². The number of oxazole rings is 1. The van der Waals surface area contributed by atoms with Gasteiger partial charge in [-0.2, -0.15) is 5.10 Å². The maximum absolute atomic E-state index is 4.85. The molecule has 0 unspecified atom stereocenters. The van der Waals surface area contributed by atoms with Crippen LogP contribution in [0.4, 0.5) is 0 Å². The van der Waals surface area contributed by atoms with E-state index in [0.717, 1.165) is 0 Å². The second kappa shape index (κ2) is 3.54. The van der Waals surface area contributed by atoms with Crippen LogP contribution in [0.25, 0.3) is 23.2 Å². The number of H-pyrrole nitrogens is 1. The fraction of sp³-hybridized carbons (Fsp3) is 0. The minimum Gasteiger partial charge on any atom is -0.451 e. The van der Waals surface area contributed by atoms with Gasteiger partial charge in [0.15, 0.2) is 18.0 Å². The third-order valence-electron chi connectivity index (χ3n) is 1.92. The largest absolute Gasteiger partial charge is 0.451 e. The lowest BCUT2D eigenvalue weighted by atomic mass is 10.4. The molecule has 7 heteroatoms. The van der Waals surface area contributed by atoms with E-state index in [9.17, 15) is 0 Å². The minimum absolute atomic E-state index is 0.455. The van der Waals surface area contributed by atoms with Crippen LogP contribution in [0, 0.1) is 0 Å². The van der Waals surface area contributed by atoms with Crippen LogP contribution < -0.4 is 0 Å². The molecule has 0 spiro atoms. The molecule has 0 amide bonds. The highest BCUT2D eigenvalue weighted by atomic mass is 16.3. The van der Waals surface area contributed by atoms with Gasteiger partial charge in [-0.25, -0.2) is 19.9 Å². The third kappa shape index (κ3) is 1.44. The van der Waals surface area contributed by atoms with Crippen LogP contribution in [0.2, 0.25) is 0 Å². The zero-order valence-electron chi connectivity index (χ0n) is 8.03. The Balaban J connectivity index is 2.00. The normalized spacial score (nSPS) is 10.5. The monoisotopic (exact) mass is 214 g/mol. The third-order valence-corrected chi connectivity index (χ3v) is 1.92. The molecule has 1 N–H and O–H groups in total. The summed E-state index contributed by atoms with van der Waals surface area (Å²) >= 11 is 0. The first kappa shape index (κ1) is 8.72. The molecule has 0 aliphatic heterocycles. The molecule has 3 heterocycles. The van der Waals surface area contributed by atoms with Crippen molar-refractivity contribution in [2.45, 2.75) is 0 Å². The molecule has 0 atom stereocenters. The lowest BCUT2D eigenvalue weighted by molar-refractivity contribution is 0.558. The van der Waals surface area contributed by atoms with E-state index in [1.807, 2.05) is 0 Å². The SMILES string of the molecule is c1cnc(-c2nc(-c3cocn3)n[nH]2)nc1. The van der Waals surface area contributed by atoms with Crippen LogP contribution in [-0.4, -0.2) is 30.1 Å². The molecule has 7 nitrogen and oxygen atoms in total. The summed E-state index contributed by atoms with van der Waals surface area (Å²) in [5.74, 6) is 1.44. The molecule has 3 rings (SSSR count). The molecule has 3 aromatic rings. The Labute approximate surface area is 89.6 Å². The Kier molecular flexibility index (Phi) is 1.93. The van der Waals surface area contributed by atoms with E-state index in [1.54, 1.807) is 18.5 Å². The second-order valence-corrected chi connectivity index (χ2v) is 2.95. The first-order chi connectivity index (χ1) is 7.93. The second-order valence-electron chi connectivity index (χ2n) is 2.95. The molecule has 0 aromatic carbocycles. The summed E-state index contributed by atoms with van der Waals surface area (Å²) < 4.78 is 4.85. The van der Waals surface area contributed by atoms with Crippen LogP contribution in [0.15, 0.2) is 35.5 Å². The molecule has 0 saturated heterocycles.